The quantitative estimate of drug-likeness (QED) is 0.230. The average molecular weight is 642 g/mol. The zero-order valence-corrected chi connectivity index (χ0v) is 28.1. The fourth-order valence-electron chi connectivity index (χ4n) is 5.97. The number of aliphatic hydroxyl groups excluding tert-OH is 1. The molecule has 0 unspecified atom stereocenters. The number of nitrogens with one attached hydrogen (secondary N) is 3. The molecule has 2 aliphatic rings. The number of amides is 3. The monoisotopic (exact) mass is 641 g/mol. The Labute approximate surface area is 271 Å². The number of carbonyl (C=O) groups excluding carboxylic acids is 3. The molecular weight excluding hydrogens is 590 g/mol. The molecule has 45 heavy (non-hydrogen) atoms. The van der Waals surface area contributed by atoms with Crippen molar-refractivity contribution in [2.24, 2.45) is 5.41 Å². The molecule has 1 aromatic heterocycles. The van der Waals surface area contributed by atoms with Crippen LogP contribution in [0.15, 0.2) is 29.8 Å². The zero-order valence-electron chi connectivity index (χ0n) is 27.3. The Kier molecular flexibility index (Phi) is 12.9. The van der Waals surface area contributed by atoms with Crippen LogP contribution in [0, 0.1) is 12.3 Å². The first-order valence-electron chi connectivity index (χ1n) is 16.4. The van der Waals surface area contributed by atoms with Gasteiger partial charge in [-0.1, -0.05) is 57.9 Å². The normalized spacial score (nSPS) is 19.8. The molecule has 11 heteroatoms. The molecule has 2 fully saturated rings. The van der Waals surface area contributed by atoms with E-state index in [4.69, 9.17) is 4.74 Å². The number of nitrogens with zero attached hydrogens (tertiary/aromatic N) is 2. The summed E-state index contributed by atoms with van der Waals surface area (Å²) in [5.41, 5.74) is 4.24. The number of carbonyl (C=O) groups is 3. The van der Waals surface area contributed by atoms with Crippen LogP contribution in [0.5, 0.6) is 0 Å². The number of ether oxygens (including phenoxy) is 1. The first-order valence-corrected chi connectivity index (χ1v) is 17.3. The number of likely N-dealkylation sites (tertiary alicyclic amines) is 1. The number of aliphatic hydroxyl groups is 1. The van der Waals surface area contributed by atoms with Gasteiger partial charge in [-0.15, -0.1) is 11.3 Å². The molecule has 3 heterocycles. The molecule has 1 aromatic carbocycles. The fraction of sp³-hybridized carbons (Fsp3) is 0.647. The van der Waals surface area contributed by atoms with E-state index in [0.29, 0.717) is 19.1 Å². The lowest BCUT2D eigenvalue weighted by Crippen LogP contribution is -2.57. The number of benzene rings is 1. The standard InChI is InChI=1S/C34H51N5O5S/c1-23-30(45-22-37-23)25-12-10-24(11-13-25)20-36-32(42)28-19-26(40)21-39(28)33(43)31(34(2,3)4)38-29(41)9-7-5-6-8-18-44-27-14-16-35-17-15-27/h10-13,22,26-28,31,35,40H,5-9,14-21H2,1-4H3,(H,36,42)(H,38,41)/t26-,28+,31-/m1/s1. The maximum Gasteiger partial charge on any atom is 0.246 e. The van der Waals surface area contributed by atoms with Gasteiger partial charge in [0, 0.05) is 32.5 Å². The van der Waals surface area contributed by atoms with Crippen LogP contribution in [0.2, 0.25) is 0 Å². The Morgan fingerprint density at radius 2 is 1.82 bits per heavy atom. The van der Waals surface area contributed by atoms with E-state index in [0.717, 1.165) is 79.9 Å². The molecular formula is C34H51N5O5S. The van der Waals surface area contributed by atoms with E-state index < -0.39 is 23.6 Å². The van der Waals surface area contributed by atoms with E-state index in [9.17, 15) is 19.5 Å². The van der Waals surface area contributed by atoms with Crippen molar-refractivity contribution in [3.63, 3.8) is 0 Å². The van der Waals surface area contributed by atoms with Crippen molar-refractivity contribution in [2.75, 3.05) is 26.2 Å². The topological polar surface area (TPSA) is 133 Å². The van der Waals surface area contributed by atoms with Gasteiger partial charge in [-0.2, -0.15) is 0 Å². The van der Waals surface area contributed by atoms with Gasteiger partial charge >= 0.3 is 0 Å². The summed E-state index contributed by atoms with van der Waals surface area (Å²) in [5, 5.41) is 19.7. The van der Waals surface area contributed by atoms with Gasteiger partial charge in [0.2, 0.25) is 17.7 Å². The lowest BCUT2D eigenvalue weighted by atomic mass is 9.85. The van der Waals surface area contributed by atoms with Crippen LogP contribution in [-0.2, 0) is 25.7 Å². The maximum absolute atomic E-state index is 13.8. The van der Waals surface area contributed by atoms with Crippen LogP contribution in [0.25, 0.3) is 10.4 Å². The third-order valence-corrected chi connectivity index (χ3v) is 9.63. The number of aryl methyl sites for hydroxylation is 1. The van der Waals surface area contributed by atoms with E-state index in [-0.39, 0.29) is 30.7 Å². The van der Waals surface area contributed by atoms with Gasteiger partial charge in [0.1, 0.15) is 12.1 Å². The second-order valence-corrected chi connectivity index (χ2v) is 14.3. The molecule has 4 N–H and O–H groups in total. The molecule has 10 nitrogen and oxygen atoms in total. The molecule has 4 rings (SSSR count). The number of unbranched alkanes of at least 4 members (excludes halogenated alkanes) is 3. The molecule has 0 bridgehead atoms. The van der Waals surface area contributed by atoms with Gasteiger partial charge in [0.25, 0.3) is 0 Å². The van der Waals surface area contributed by atoms with Crippen molar-refractivity contribution < 1.29 is 24.2 Å². The SMILES string of the molecule is Cc1ncsc1-c1ccc(CNC(=O)[C@@H]2C[C@@H](O)CN2C(=O)[C@@H](NC(=O)CCCCCCOC2CCNCC2)C(C)(C)C)cc1. The van der Waals surface area contributed by atoms with Crippen molar-refractivity contribution in [3.8, 4) is 10.4 Å². The molecule has 0 aliphatic carbocycles. The molecule has 0 saturated carbocycles. The largest absolute Gasteiger partial charge is 0.391 e. The van der Waals surface area contributed by atoms with Crippen LogP contribution in [0.3, 0.4) is 0 Å². The van der Waals surface area contributed by atoms with Gasteiger partial charge in [-0.3, -0.25) is 14.4 Å². The van der Waals surface area contributed by atoms with Crippen molar-refractivity contribution in [2.45, 2.75) is 110 Å². The summed E-state index contributed by atoms with van der Waals surface area (Å²) in [4.78, 5) is 46.9. The van der Waals surface area contributed by atoms with Crippen LogP contribution in [0.4, 0.5) is 0 Å². The summed E-state index contributed by atoms with van der Waals surface area (Å²) in [5.74, 6) is -0.829. The Balaban J connectivity index is 1.24. The lowest BCUT2D eigenvalue weighted by Gasteiger charge is -2.35. The molecule has 2 aromatic rings. The highest BCUT2D eigenvalue weighted by molar-refractivity contribution is 7.13. The van der Waals surface area contributed by atoms with Gasteiger partial charge < -0.3 is 30.7 Å². The summed E-state index contributed by atoms with van der Waals surface area (Å²) >= 11 is 1.59. The van der Waals surface area contributed by atoms with Gasteiger partial charge in [-0.05, 0) is 62.2 Å². The maximum atomic E-state index is 13.8. The summed E-state index contributed by atoms with van der Waals surface area (Å²) in [6, 6.07) is 6.34. The smallest absolute Gasteiger partial charge is 0.246 e. The number of piperidine rings is 1. The first-order chi connectivity index (χ1) is 21.5. The van der Waals surface area contributed by atoms with Crippen molar-refractivity contribution in [1.29, 1.82) is 0 Å². The van der Waals surface area contributed by atoms with Gasteiger partial charge in [-0.25, -0.2) is 4.98 Å². The Morgan fingerprint density at radius 1 is 1.11 bits per heavy atom. The number of aromatic nitrogens is 1. The van der Waals surface area contributed by atoms with Gasteiger partial charge in [0.05, 0.1) is 28.3 Å². The molecule has 0 radical (unpaired) electrons. The molecule has 3 amide bonds. The second-order valence-electron chi connectivity index (χ2n) is 13.4. The van der Waals surface area contributed by atoms with E-state index in [1.165, 1.54) is 4.90 Å². The van der Waals surface area contributed by atoms with Gasteiger partial charge in [0.15, 0.2) is 0 Å². The predicted molar refractivity (Wildman–Crippen MR) is 177 cm³/mol. The average Bonchev–Trinajstić information content (AvgIpc) is 3.63. The fourth-order valence-corrected chi connectivity index (χ4v) is 6.78. The van der Waals surface area contributed by atoms with Crippen molar-refractivity contribution in [1.82, 2.24) is 25.8 Å². The van der Waals surface area contributed by atoms with E-state index in [1.807, 2.05) is 57.5 Å². The van der Waals surface area contributed by atoms with Crippen LogP contribution in [0.1, 0.15) is 83.4 Å². The van der Waals surface area contributed by atoms with Crippen molar-refractivity contribution in [3.05, 3.63) is 41.0 Å². The number of hydrogen-bond donors (Lipinski definition) is 4. The first kappa shape index (κ1) is 35.0. The molecule has 3 atom stereocenters. The van der Waals surface area contributed by atoms with E-state index in [1.54, 1.807) is 11.3 Å². The highest BCUT2D eigenvalue weighted by Gasteiger charge is 2.44. The van der Waals surface area contributed by atoms with E-state index >= 15 is 0 Å². The lowest BCUT2D eigenvalue weighted by molar-refractivity contribution is -0.144. The van der Waals surface area contributed by atoms with Crippen molar-refractivity contribution >= 4 is 29.1 Å². The second kappa shape index (κ2) is 16.6. The number of thiazole rings is 1. The minimum Gasteiger partial charge on any atom is -0.391 e. The molecule has 2 aliphatic heterocycles. The molecule has 0 spiro atoms. The summed E-state index contributed by atoms with van der Waals surface area (Å²) < 4.78 is 5.96. The third kappa shape index (κ3) is 10.3. The number of hydrogen-bond acceptors (Lipinski definition) is 8. The van der Waals surface area contributed by atoms with Crippen LogP contribution < -0.4 is 16.0 Å². The highest BCUT2D eigenvalue weighted by atomic mass is 32.1. The van der Waals surface area contributed by atoms with E-state index in [2.05, 4.69) is 20.9 Å². The summed E-state index contributed by atoms with van der Waals surface area (Å²) in [6.07, 6.45) is 5.83. The molecule has 248 valence electrons. The molecule has 2 saturated heterocycles. The van der Waals surface area contributed by atoms with Crippen LogP contribution in [-0.4, -0.2) is 83.2 Å². The number of rotatable bonds is 14. The Bertz CT molecular complexity index is 1250. The predicted octanol–water partition coefficient (Wildman–Crippen LogP) is 3.95. The zero-order chi connectivity index (χ0) is 32.4. The minimum absolute atomic E-state index is 0.0573. The Morgan fingerprint density at radius 3 is 2.49 bits per heavy atom. The van der Waals surface area contributed by atoms with Crippen LogP contribution >= 0.6 is 11.3 Å². The summed E-state index contributed by atoms with van der Waals surface area (Å²) in [6.45, 7) is 10.8. The number of β-amino-alcohol motifs (C(OH)–C–C–N with tert-alkyl or cyclic N) is 1. The Hall–Kier alpha value is -2.86. The summed E-state index contributed by atoms with van der Waals surface area (Å²) in [7, 11) is 0. The highest BCUT2D eigenvalue weighted by Crippen LogP contribution is 2.28. The third-order valence-electron chi connectivity index (χ3n) is 8.65. The minimum atomic E-state index is -0.813.